The average Bonchev–Trinajstić information content (AvgIpc) is 2.52. The minimum atomic E-state index is -0.365. The van der Waals surface area contributed by atoms with Crippen LogP contribution in [0.15, 0.2) is 18.3 Å². The van der Waals surface area contributed by atoms with E-state index in [1.54, 1.807) is 18.3 Å². The number of Topliss-reactive ketones (excluding diaryl/α,β-unsaturated/α-hetero) is 1. The molecule has 2 aromatic rings. The number of pyridine rings is 1. The highest BCUT2D eigenvalue weighted by Crippen LogP contribution is 2.20. The second-order valence-electron chi connectivity index (χ2n) is 5.08. The average molecular weight is 303 g/mol. The first kappa shape index (κ1) is 16.1. The zero-order valence-corrected chi connectivity index (χ0v) is 12.6. The number of nitrogens with one attached hydrogen (secondary N) is 1. The van der Waals surface area contributed by atoms with E-state index in [9.17, 15) is 4.79 Å². The lowest BCUT2D eigenvalue weighted by atomic mass is 10.0. The Morgan fingerprint density at radius 1 is 1.45 bits per heavy atom. The maximum absolute atomic E-state index is 12.2. The smallest absolute Gasteiger partial charge is 0.222 e. The van der Waals surface area contributed by atoms with Crippen LogP contribution in [0.2, 0.25) is 0 Å². The van der Waals surface area contributed by atoms with E-state index in [1.165, 1.54) is 0 Å². The molecule has 0 aromatic carbocycles. The van der Waals surface area contributed by atoms with E-state index >= 15 is 0 Å². The van der Waals surface area contributed by atoms with Gasteiger partial charge >= 0.3 is 0 Å². The highest BCUT2D eigenvalue weighted by atomic mass is 16.3. The predicted molar refractivity (Wildman–Crippen MR) is 85.4 cm³/mol. The van der Waals surface area contributed by atoms with Crippen LogP contribution >= 0.6 is 0 Å². The number of hydrogen-bond donors (Lipinski definition) is 3. The lowest BCUT2D eigenvalue weighted by molar-refractivity contribution is -0.120. The van der Waals surface area contributed by atoms with E-state index in [4.69, 9.17) is 10.8 Å². The van der Waals surface area contributed by atoms with Gasteiger partial charge in [-0.1, -0.05) is 13.3 Å². The van der Waals surface area contributed by atoms with Gasteiger partial charge in [-0.3, -0.25) is 9.78 Å². The van der Waals surface area contributed by atoms with Crippen LogP contribution in [0.4, 0.5) is 11.8 Å². The molecule has 0 aliphatic carbocycles. The molecule has 0 bridgehead atoms. The van der Waals surface area contributed by atoms with Gasteiger partial charge in [-0.05, 0) is 25.0 Å². The van der Waals surface area contributed by atoms with Crippen LogP contribution in [-0.2, 0) is 4.79 Å². The molecule has 0 amide bonds. The summed E-state index contributed by atoms with van der Waals surface area (Å²) >= 11 is 0. The molecule has 4 N–H and O–H groups in total. The minimum absolute atomic E-state index is 0.00945. The number of aliphatic hydroxyl groups excluding tert-OH is 1. The number of hydrogen-bond acceptors (Lipinski definition) is 7. The SMILES string of the molecule is CCC[C@H](Nc1nc(N)nc2cccnc12)C(=O)CCCO. The van der Waals surface area contributed by atoms with E-state index in [-0.39, 0.29) is 24.4 Å². The highest BCUT2D eigenvalue weighted by molar-refractivity contribution is 5.91. The van der Waals surface area contributed by atoms with E-state index < -0.39 is 0 Å². The molecule has 0 unspecified atom stereocenters. The fraction of sp³-hybridized carbons (Fsp3) is 0.467. The second-order valence-corrected chi connectivity index (χ2v) is 5.08. The Bertz CT molecular complexity index is 647. The fourth-order valence-electron chi connectivity index (χ4n) is 2.28. The van der Waals surface area contributed by atoms with Crippen LogP contribution < -0.4 is 11.1 Å². The molecule has 7 nitrogen and oxygen atoms in total. The van der Waals surface area contributed by atoms with Crippen molar-refractivity contribution in [3.05, 3.63) is 18.3 Å². The second kappa shape index (κ2) is 7.65. The molecule has 0 fully saturated rings. The molecule has 0 spiro atoms. The van der Waals surface area contributed by atoms with Crippen LogP contribution in [0.3, 0.4) is 0 Å². The van der Waals surface area contributed by atoms with E-state index in [0.29, 0.717) is 36.1 Å². The van der Waals surface area contributed by atoms with Gasteiger partial charge in [0, 0.05) is 19.2 Å². The molecule has 118 valence electrons. The summed E-state index contributed by atoms with van der Waals surface area (Å²) in [5, 5.41) is 12.0. The van der Waals surface area contributed by atoms with Gasteiger partial charge in [-0.25, -0.2) is 4.98 Å². The Morgan fingerprint density at radius 2 is 2.27 bits per heavy atom. The van der Waals surface area contributed by atoms with Gasteiger partial charge in [0.05, 0.1) is 11.6 Å². The third-order valence-electron chi connectivity index (χ3n) is 3.33. The van der Waals surface area contributed by atoms with Gasteiger partial charge in [0.15, 0.2) is 11.6 Å². The van der Waals surface area contributed by atoms with Gasteiger partial charge in [0.2, 0.25) is 5.95 Å². The molecule has 0 aliphatic rings. The van der Waals surface area contributed by atoms with Crippen molar-refractivity contribution in [2.45, 2.75) is 38.6 Å². The number of rotatable bonds is 8. The monoisotopic (exact) mass is 303 g/mol. The topological polar surface area (TPSA) is 114 Å². The summed E-state index contributed by atoms with van der Waals surface area (Å²) in [5.74, 6) is 0.664. The summed E-state index contributed by atoms with van der Waals surface area (Å²) in [6, 6.07) is 3.21. The molecule has 0 radical (unpaired) electrons. The molecule has 2 heterocycles. The van der Waals surface area contributed by atoms with Crippen molar-refractivity contribution in [1.82, 2.24) is 15.0 Å². The van der Waals surface area contributed by atoms with E-state index in [0.717, 1.165) is 6.42 Å². The summed E-state index contributed by atoms with van der Waals surface area (Å²) in [6.07, 6.45) is 3.98. The van der Waals surface area contributed by atoms with E-state index in [1.807, 2.05) is 6.92 Å². The molecule has 22 heavy (non-hydrogen) atoms. The Kier molecular flexibility index (Phi) is 5.60. The Labute approximate surface area is 129 Å². The van der Waals surface area contributed by atoms with Crippen molar-refractivity contribution >= 4 is 28.6 Å². The van der Waals surface area contributed by atoms with Gasteiger partial charge in [0.25, 0.3) is 0 Å². The quantitative estimate of drug-likeness (QED) is 0.677. The van der Waals surface area contributed by atoms with Gasteiger partial charge in [-0.15, -0.1) is 0 Å². The Balaban J connectivity index is 2.27. The summed E-state index contributed by atoms with van der Waals surface area (Å²) in [7, 11) is 0. The first-order chi connectivity index (χ1) is 10.7. The molecule has 2 rings (SSSR count). The number of ketones is 1. The zero-order chi connectivity index (χ0) is 15.9. The number of fused-ring (bicyclic) bond motifs is 1. The van der Waals surface area contributed by atoms with Gasteiger partial charge < -0.3 is 16.2 Å². The van der Waals surface area contributed by atoms with Crippen LogP contribution in [-0.4, -0.2) is 38.5 Å². The Hall–Kier alpha value is -2.28. The molecule has 0 saturated carbocycles. The number of nitrogens with two attached hydrogens (primary N) is 1. The van der Waals surface area contributed by atoms with Gasteiger partial charge in [0.1, 0.15) is 5.52 Å². The van der Waals surface area contributed by atoms with Gasteiger partial charge in [-0.2, -0.15) is 4.98 Å². The van der Waals surface area contributed by atoms with Crippen LogP contribution in [0.5, 0.6) is 0 Å². The summed E-state index contributed by atoms with van der Waals surface area (Å²) in [4.78, 5) is 24.8. The van der Waals surface area contributed by atoms with Crippen molar-refractivity contribution in [2.75, 3.05) is 17.7 Å². The van der Waals surface area contributed by atoms with Crippen molar-refractivity contribution in [3.63, 3.8) is 0 Å². The lowest BCUT2D eigenvalue weighted by Crippen LogP contribution is -2.30. The molecular weight excluding hydrogens is 282 g/mol. The van der Waals surface area contributed by atoms with Crippen molar-refractivity contribution in [2.24, 2.45) is 0 Å². The van der Waals surface area contributed by atoms with Crippen molar-refractivity contribution < 1.29 is 9.90 Å². The fourth-order valence-corrected chi connectivity index (χ4v) is 2.28. The summed E-state index contributed by atoms with van der Waals surface area (Å²) < 4.78 is 0. The third kappa shape index (κ3) is 3.88. The van der Waals surface area contributed by atoms with Crippen molar-refractivity contribution in [3.8, 4) is 0 Å². The highest BCUT2D eigenvalue weighted by Gasteiger charge is 2.19. The van der Waals surface area contributed by atoms with Crippen LogP contribution in [0.1, 0.15) is 32.6 Å². The maximum Gasteiger partial charge on any atom is 0.222 e. The predicted octanol–water partition coefficient (Wildman–Crippen LogP) is 1.53. The standard InChI is InChI=1S/C15H21N5O2/c1-2-5-10(12(22)7-4-9-21)18-14-13-11(6-3-8-17-13)19-15(16)20-14/h3,6,8,10,21H,2,4-5,7,9H2,1H3,(H3,16,18,19,20)/t10-/m0/s1. The van der Waals surface area contributed by atoms with E-state index in [2.05, 4.69) is 20.3 Å². The van der Waals surface area contributed by atoms with Crippen LogP contribution in [0.25, 0.3) is 11.0 Å². The maximum atomic E-state index is 12.2. The van der Waals surface area contributed by atoms with Crippen LogP contribution in [0, 0.1) is 0 Å². The number of anilines is 2. The Morgan fingerprint density at radius 3 is 3.00 bits per heavy atom. The molecular formula is C15H21N5O2. The number of nitrogens with zero attached hydrogens (tertiary/aromatic N) is 3. The molecule has 7 heteroatoms. The minimum Gasteiger partial charge on any atom is -0.396 e. The lowest BCUT2D eigenvalue weighted by Gasteiger charge is -2.18. The molecule has 0 saturated heterocycles. The number of aromatic nitrogens is 3. The molecule has 2 aromatic heterocycles. The van der Waals surface area contributed by atoms with Crippen molar-refractivity contribution in [1.29, 1.82) is 0 Å². The normalized spacial score (nSPS) is 12.3. The third-order valence-corrected chi connectivity index (χ3v) is 3.33. The summed E-state index contributed by atoms with van der Waals surface area (Å²) in [6.45, 7) is 2.02. The number of carbonyl (C=O) groups excluding carboxylic acids is 1. The first-order valence-corrected chi connectivity index (χ1v) is 7.44. The number of carbonyl (C=O) groups is 1. The number of nitrogen functional groups attached to an aromatic ring is 1. The number of aliphatic hydroxyl groups is 1. The largest absolute Gasteiger partial charge is 0.396 e. The first-order valence-electron chi connectivity index (χ1n) is 7.44. The molecule has 1 atom stereocenters. The molecule has 0 aliphatic heterocycles. The summed E-state index contributed by atoms with van der Waals surface area (Å²) in [5.41, 5.74) is 6.95. The zero-order valence-electron chi connectivity index (χ0n) is 12.6.